The third-order valence-corrected chi connectivity index (χ3v) is 3.01. The molecule has 0 aromatic heterocycles. The fourth-order valence-electron chi connectivity index (χ4n) is 1.59. The van der Waals surface area contributed by atoms with Crippen LogP contribution in [0.25, 0.3) is 0 Å². The normalized spacial score (nSPS) is 15.0. The number of hydrogen-bond acceptors (Lipinski definition) is 3. The summed E-state index contributed by atoms with van der Waals surface area (Å²) in [6, 6.07) is 5.75. The molecule has 0 aliphatic heterocycles. The lowest BCUT2D eigenvalue weighted by Gasteiger charge is -2.20. The first kappa shape index (κ1) is 12.6. The van der Waals surface area contributed by atoms with E-state index in [4.69, 9.17) is 0 Å². The fourth-order valence-corrected chi connectivity index (χ4v) is 1.86. The van der Waals surface area contributed by atoms with Gasteiger partial charge in [0.05, 0.1) is 6.10 Å². The highest BCUT2D eigenvalue weighted by Gasteiger charge is 2.19. The lowest BCUT2D eigenvalue weighted by atomic mass is 9.95. The Labute approximate surface area is 96.4 Å². The minimum Gasteiger partial charge on any atom is -0.390 e. The van der Waals surface area contributed by atoms with Crippen LogP contribution in [-0.2, 0) is 0 Å². The number of aryl methyl sites for hydroxylation is 1. The number of rotatable bonds is 4. The molecule has 0 radical (unpaired) electrons. The standard InChI is InChI=1S/C12H18O2S/c1-8-4-3-5-10(9(8)2)12(14)11(13)6-7-15/h3-5,11-15H,6-7H2,1-2H3. The van der Waals surface area contributed by atoms with Gasteiger partial charge in [-0.05, 0) is 42.7 Å². The first-order chi connectivity index (χ1) is 7.07. The van der Waals surface area contributed by atoms with E-state index in [1.54, 1.807) is 0 Å². The molecule has 1 aromatic rings. The van der Waals surface area contributed by atoms with Gasteiger partial charge in [-0.1, -0.05) is 18.2 Å². The van der Waals surface area contributed by atoms with Gasteiger partial charge in [-0.15, -0.1) is 0 Å². The van der Waals surface area contributed by atoms with Crippen molar-refractivity contribution in [3.8, 4) is 0 Å². The van der Waals surface area contributed by atoms with E-state index >= 15 is 0 Å². The molecular formula is C12H18O2S. The first-order valence-corrected chi connectivity index (χ1v) is 5.74. The van der Waals surface area contributed by atoms with E-state index in [0.29, 0.717) is 12.2 Å². The minimum atomic E-state index is -0.808. The van der Waals surface area contributed by atoms with Gasteiger partial charge >= 0.3 is 0 Å². The van der Waals surface area contributed by atoms with Crippen molar-refractivity contribution in [2.45, 2.75) is 32.5 Å². The van der Waals surface area contributed by atoms with Gasteiger partial charge in [0.25, 0.3) is 0 Å². The van der Waals surface area contributed by atoms with E-state index in [2.05, 4.69) is 12.6 Å². The van der Waals surface area contributed by atoms with Crippen molar-refractivity contribution >= 4 is 12.6 Å². The van der Waals surface area contributed by atoms with E-state index in [1.165, 1.54) is 0 Å². The van der Waals surface area contributed by atoms with Crippen LogP contribution in [0, 0.1) is 13.8 Å². The Morgan fingerprint density at radius 2 is 1.93 bits per heavy atom. The van der Waals surface area contributed by atoms with E-state index < -0.39 is 12.2 Å². The van der Waals surface area contributed by atoms with Crippen LogP contribution in [0.2, 0.25) is 0 Å². The number of aliphatic hydroxyl groups is 2. The zero-order chi connectivity index (χ0) is 11.4. The van der Waals surface area contributed by atoms with Gasteiger partial charge in [0, 0.05) is 0 Å². The van der Waals surface area contributed by atoms with Crippen molar-refractivity contribution in [1.82, 2.24) is 0 Å². The Bertz CT molecular complexity index is 325. The second-order valence-corrected chi connectivity index (χ2v) is 4.26. The fraction of sp³-hybridized carbons (Fsp3) is 0.500. The molecule has 0 saturated carbocycles. The SMILES string of the molecule is Cc1cccc(C(O)C(O)CCS)c1C. The van der Waals surface area contributed by atoms with Crippen LogP contribution in [0.3, 0.4) is 0 Å². The summed E-state index contributed by atoms with van der Waals surface area (Å²) >= 11 is 4.04. The van der Waals surface area contributed by atoms with Crippen LogP contribution in [0.4, 0.5) is 0 Å². The highest BCUT2D eigenvalue weighted by molar-refractivity contribution is 7.80. The highest BCUT2D eigenvalue weighted by Crippen LogP contribution is 2.24. The number of benzene rings is 1. The maximum absolute atomic E-state index is 9.94. The zero-order valence-corrected chi connectivity index (χ0v) is 10.0. The third-order valence-electron chi connectivity index (χ3n) is 2.75. The van der Waals surface area contributed by atoms with Crippen molar-refractivity contribution in [2.75, 3.05) is 5.75 Å². The Kier molecular flexibility index (Phi) is 4.64. The van der Waals surface area contributed by atoms with E-state index in [0.717, 1.165) is 16.7 Å². The van der Waals surface area contributed by atoms with Crippen molar-refractivity contribution in [1.29, 1.82) is 0 Å². The Balaban J connectivity index is 2.90. The molecule has 2 atom stereocenters. The number of thiol groups is 1. The van der Waals surface area contributed by atoms with Crippen molar-refractivity contribution in [2.24, 2.45) is 0 Å². The maximum Gasteiger partial charge on any atom is 0.105 e. The Hall–Kier alpha value is -0.510. The second-order valence-electron chi connectivity index (χ2n) is 3.81. The molecule has 0 heterocycles. The van der Waals surface area contributed by atoms with Gasteiger partial charge < -0.3 is 10.2 Å². The van der Waals surface area contributed by atoms with Crippen LogP contribution < -0.4 is 0 Å². The van der Waals surface area contributed by atoms with Gasteiger partial charge in [0.2, 0.25) is 0 Å². The molecule has 2 N–H and O–H groups in total. The van der Waals surface area contributed by atoms with Crippen LogP contribution in [0.1, 0.15) is 29.2 Å². The van der Waals surface area contributed by atoms with Gasteiger partial charge in [-0.25, -0.2) is 0 Å². The summed E-state index contributed by atoms with van der Waals surface area (Å²) in [6.45, 7) is 3.96. The van der Waals surface area contributed by atoms with Gasteiger partial charge in [0.15, 0.2) is 0 Å². The summed E-state index contributed by atoms with van der Waals surface area (Å²) < 4.78 is 0. The Morgan fingerprint density at radius 1 is 1.27 bits per heavy atom. The average Bonchev–Trinajstić information content (AvgIpc) is 2.21. The lowest BCUT2D eigenvalue weighted by molar-refractivity contribution is 0.0168. The molecule has 1 rings (SSSR count). The quantitative estimate of drug-likeness (QED) is 0.687. The summed E-state index contributed by atoms with van der Waals surface area (Å²) in [5.41, 5.74) is 2.98. The molecule has 0 amide bonds. The largest absolute Gasteiger partial charge is 0.390 e. The van der Waals surface area contributed by atoms with Crippen molar-refractivity contribution < 1.29 is 10.2 Å². The number of aliphatic hydroxyl groups excluding tert-OH is 2. The zero-order valence-electron chi connectivity index (χ0n) is 9.14. The van der Waals surface area contributed by atoms with E-state index in [-0.39, 0.29) is 0 Å². The molecule has 1 aromatic carbocycles. The smallest absolute Gasteiger partial charge is 0.105 e. The van der Waals surface area contributed by atoms with E-state index in [9.17, 15) is 10.2 Å². The van der Waals surface area contributed by atoms with Gasteiger partial charge in [-0.3, -0.25) is 0 Å². The molecule has 0 aliphatic carbocycles. The number of hydrogen-bond donors (Lipinski definition) is 3. The van der Waals surface area contributed by atoms with Gasteiger partial charge in [0.1, 0.15) is 6.10 Å². The monoisotopic (exact) mass is 226 g/mol. The van der Waals surface area contributed by atoms with Crippen molar-refractivity contribution in [3.05, 3.63) is 34.9 Å². The minimum absolute atomic E-state index is 0.498. The summed E-state index contributed by atoms with van der Waals surface area (Å²) in [5.74, 6) is 0.573. The predicted molar refractivity (Wildman–Crippen MR) is 65.4 cm³/mol. The van der Waals surface area contributed by atoms with E-state index in [1.807, 2.05) is 32.0 Å². The van der Waals surface area contributed by atoms with Gasteiger partial charge in [-0.2, -0.15) is 12.6 Å². The first-order valence-electron chi connectivity index (χ1n) is 5.11. The molecule has 0 bridgehead atoms. The van der Waals surface area contributed by atoms with Crippen molar-refractivity contribution in [3.63, 3.8) is 0 Å². The Morgan fingerprint density at radius 3 is 2.53 bits per heavy atom. The molecule has 0 aliphatic rings. The summed E-state index contributed by atoms with van der Waals surface area (Å²) in [4.78, 5) is 0. The summed E-state index contributed by atoms with van der Waals surface area (Å²) in [5, 5.41) is 19.6. The molecule has 0 spiro atoms. The van der Waals surface area contributed by atoms with Crippen LogP contribution in [-0.4, -0.2) is 22.1 Å². The molecule has 2 nitrogen and oxygen atoms in total. The molecule has 15 heavy (non-hydrogen) atoms. The molecule has 0 fully saturated rings. The van der Waals surface area contributed by atoms with Crippen LogP contribution >= 0.6 is 12.6 Å². The molecule has 0 saturated heterocycles. The summed E-state index contributed by atoms with van der Waals surface area (Å²) in [7, 11) is 0. The highest BCUT2D eigenvalue weighted by atomic mass is 32.1. The van der Waals surface area contributed by atoms with Crippen LogP contribution in [0.15, 0.2) is 18.2 Å². The molecule has 84 valence electrons. The average molecular weight is 226 g/mol. The predicted octanol–water partition coefficient (Wildman–Crippen LogP) is 2.02. The lowest BCUT2D eigenvalue weighted by Crippen LogP contribution is -2.19. The topological polar surface area (TPSA) is 40.5 Å². The molecular weight excluding hydrogens is 208 g/mol. The summed E-state index contributed by atoms with van der Waals surface area (Å²) in [6.07, 6.45) is -1.04. The third kappa shape index (κ3) is 2.97. The second kappa shape index (κ2) is 5.54. The van der Waals surface area contributed by atoms with Crippen LogP contribution in [0.5, 0.6) is 0 Å². The maximum atomic E-state index is 9.94. The molecule has 2 unspecified atom stereocenters. The molecule has 3 heteroatoms.